The molecule has 2 saturated carbocycles. The molecular formula is C18H18ClF2N5O2S2. The summed E-state index contributed by atoms with van der Waals surface area (Å²) in [5.74, 6) is 0.151. The molecule has 2 fully saturated rings. The molecule has 3 heterocycles. The van der Waals surface area contributed by atoms with Gasteiger partial charge in [-0.3, -0.25) is 4.40 Å². The minimum Gasteiger partial charge on any atom is -0.295 e. The van der Waals surface area contributed by atoms with E-state index in [1.807, 2.05) is 6.92 Å². The summed E-state index contributed by atoms with van der Waals surface area (Å²) < 4.78 is 56.3. The number of rotatable bonds is 6. The Labute approximate surface area is 180 Å². The average molecular weight is 474 g/mol. The number of pyridine rings is 1. The summed E-state index contributed by atoms with van der Waals surface area (Å²) in [5, 5.41) is 7.58. The molecule has 0 atom stereocenters. The molecule has 2 aliphatic rings. The number of fused-ring (bicyclic) bond motifs is 1. The monoisotopic (exact) mass is 473 g/mol. The summed E-state index contributed by atoms with van der Waals surface area (Å²) in [6, 6.07) is 1.37. The van der Waals surface area contributed by atoms with Crippen LogP contribution in [0.2, 0.25) is 5.02 Å². The first-order chi connectivity index (χ1) is 14.2. The van der Waals surface area contributed by atoms with Gasteiger partial charge in [0.25, 0.3) is 6.43 Å². The van der Waals surface area contributed by atoms with E-state index in [9.17, 15) is 17.2 Å². The molecule has 0 bridgehead atoms. The lowest BCUT2D eigenvalue weighted by Gasteiger charge is -2.24. The van der Waals surface area contributed by atoms with Crippen molar-refractivity contribution in [3.05, 3.63) is 28.0 Å². The van der Waals surface area contributed by atoms with E-state index in [-0.39, 0.29) is 20.8 Å². The Kier molecular flexibility index (Phi) is 4.66. The van der Waals surface area contributed by atoms with Crippen LogP contribution in [0.3, 0.4) is 0 Å². The molecule has 2 aliphatic carbocycles. The summed E-state index contributed by atoms with van der Waals surface area (Å²) in [6.45, 7) is 1.84. The van der Waals surface area contributed by atoms with Crippen molar-refractivity contribution in [2.45, 2.75) is 61.8 Å². The standard InChI is InChI=1S/C18H18ClF2N5O2S2/c1-18(5-6-18)25-30(27,28)10-7-11(19)15-22-12(9-3-2-4-9)13(26(15)8-10)16-23-24-17(29-16)14(20)21/h7-9,14,25H,2-6H2,1H3. The zero-order valence-electron chi connectivity index (χ0n) is 15.9. The van der Waals surface area contributed by atoms with Crippen molar-refractivity contribution in [2.24, 2.45) is 0 Å². The molecule has 30 heavy (non-hydrogen) atoms. The maximum absolute atomic E-state index is 13.1. The molecule has 3 aromatic rings. The summed E-state index contributed by atoms with van der Waals surface area (Å²) >= 11 is 7.20. The number of nitrogens with one attached hydrogen (secondary N) is 1. The van der Waals surface area contributed by atoms with Gasteiger partial charge in [-0.2, -0.15) is 0 Å². The van der Waals surface area contributed by atoms with E-state index in [1.54, 1.807) is 4.40 Å². The van der Waals surface area contributed by atoms with Crippen LogP contribution < -0.4 is 4.72 Å². The zero-order valence-corrected chi connectivity index (χ0v) is 18.3. The molecule has 7 nitrogen and oxygen atoms in total. The normalized spacial score (nSPS) is 18.8. The van der Waals surface area contributed by atoms with Gasteiger partial charge in [0.15, 0.2) is 15.7 Å². The molecule has 1 N–H and O–H groups in total. The van der Waals surface area contributed by atoms with Gasteiger partial charge >= 0.3 is 0 Å². The molecule has 5 rings (SSSR count). The number of imidazole rings is 1. The molecule has 160 valence electrons. The number of alkyl halides is 2. The van der Waals surface area contributed by atoms with Crippen LogP contribution in [0.25, 0.3) is 16.3 Å². The maximum Gasteiger partial charge on any atom is 0.291 e. The first-order valence-corrected chi connectivity index (χ1v) is 12.2. The van der Waals surface area contributed by atoms with Crippen molar-refractivity contribution < 1.29 is 17.2 Å². The third-order valence-electron chi connectivity index (χ3n) is 5.69. The van der Waals surface area contributed by atoms with Gasteiger partial charge in [-0.15, -0.1) is 10.2 Å². The van der Waals surface area contributed by atoms with Gasteiger partial charge in [-0.1, -0.05) is 29.4 Å². The van der Waals surface area contributed by atoms with Crippen molar-refractivity contribution in [3.8, 4) is 10.7 Å². The van der Waals surface area contributed by atoms with E-state index in [1.165, 1.54) is 12.3 Å². The van der Waals surface area contributed by atoms with Gasteiger partial charge in [0.1, 0.15) is 10.6 Å². The van der Waals surface area contributed by atoms with Crippen molar-refractivity contribution in [1.82, 2.24) is 24.3 Å². The first-order valence-electron chi connectivity index (χ1n) is 9.54. The Bertz CT molecular complexity index is 1250. The second-order valence-electron chi connectivity index (χ2n) is 8.10. The summed E-state index contributed by atoms with van der Waals surface area (Å²) in [5.41, 5.74) is 1.10. The Morgan fingerprint density at radius 1 is 1.33 bits per heavy atom. The third kappa shape index (κ3) is 3.41. The fourth-order valence-electron chi connectivity index (χ4n) is 3.52. The largest absolute Gasteiger partial charge is 0.295 e. The molecule has 0 aliphatic heterocycles. The van der Waals surface area contributed by atoms with E-state index in [0.717, 1.165) is 43.4 Å². The van der Waals surface area contributed by atoms with Crippen molar-refractivity contribution >= 4 is 38.6 Å². The second kappa shape index (κ2) is 6.91. The molecule has 0 unspecified atom stereocenters. The van der Waals surface area contributed by atoms with Crippen LogP contribution in [0.5, 0.6) is 0 Å². The lowest BCUT2D eigenvalue weighted by Crippen LogP contribution is -2.34. The predicted molar refractivity (Wildman–Crippen MR) is 109 cm³/mol. The molecule has 0 spiro atoms. The number of nitrogens with zero attached hydrogens (tertiary/aromatic N) is 4. The summed E-state index contributed by atoms with van der Waals surface area (Å²) in [6.07, 6.45) is 3.12. The summed E-state index contributed by atoms with van der Waals surface area (Å²) in [4.78, 5) is 4.63. The molecule has 3 aromatic heterocycles. The van der Waals surface area contributed by atoms with Crippen LogP contribution in [0.15, 0.2) is 17.2 Å². The van der Waals surface area contributed by atoms with Crippen LogP contribution in [0.1, 0.15) is 62.1 Å². The minimum atomic E-state index is -3.81. The van der Waals surface area contributed by atoms with Crippen LogP contribution in [-0.4, -0.2) is 33.5 Å². The highest BCUT2D eigenvalue weighted by Gasteiger charge is 2.41. The molecule has 0 aromatic carbocycles. The number of hydrogen-bond donors (Lipinski definition) is 1. The lowest BCUT2D eigenvalue weighted by molar-refractivity contribution is 0.150. The summed E-state index contributed by atoms with van der Waals surface area (Å²) in [7, 11) is -3.81. The quantitative estimate of drug-likeness (QED) is 0.567. The smallest absolute Gasteiger partial charge is 0.291 e. The van der Waals surface area contributed by atoms with E-state index in [0.29, 0.717) is 17.0 Å². The van der Waals surface area contributed by atoms with Gasteiger partial charge < -0.3 is 0 Å². The third-order valence-corrected chi connectivity index (χ3v) is 8.51. The highest BCUT2D eigenvalue weighted by molar-refractivity contribution is 7.89. The van der Waals surface area contributed by atoms with Crippen LogP contribution in [0, 0.1) is 0 Å². The van der Waals surface area contributed by atoms with Crippen LogP contribution >= 0.6 is 22.9 Å². The van der Waals surface area contributed by atoms with Crippen molar-refractivity contribution in [1.29, 1.82) is 0 Å². The number of hydrogen-bond acceptors (Lipinski definition) is 6. The maximum atomic E-state index is 13.1. The van der Waals surface area contributed by atoms with Crippen molar-refractivity contribution in [2.75, 3.05) is 0 Å². The fraction of sp³-hybridized carbons (Fsp3) is 0.500. The van der Waals surface area contributed by atoms with Gasteiger partial charge in [0.2, 0.25) is 10.0 Å². The highest BCUT2D eigenvalue weighted by atomic mass is 35.5. The number of sulfonamides is 1. The van der Waals surface area contributed by atoms with E-state index in [2.05, 4.69) is 19.9 Å². The van der Waals surface area contributed by atoms with E-state index >= 15 is 0 Å². The average Bonchev–Trinajstić information content (AvgIpc) is 3.04. The lowest BCUT2D eigenvalue weighted by atomic mass is 9.82. The van der Waals surface area contributed by atoms with Gasteiger partial charge in [-0.05, 0) is 38.7 Å². The first kappa shape index (κ1) is 20.2. The van der Waals surface area contributed by atoms with E-state index in [4.69, 9.17) is 11.6 Å². The fourth-order valence-corrected chi connectivity index (χ4v) is 6.07. The van der Waals surface area contributed by atoms with Gasteiger partial charge in [0.05, 0.1) is 10.7 Å². The predicted octanol–water partition coefficient (Wildman–Crippen LogP) is 4.54. The zero-order chi connectivity index (χ0) is 21.3. The topological polar surface area (TPSA) is 89.2 Å². The Hall–Kier alpha value is -1.69. The van der Waals surface area contributed by atoms with Crippen molar-refractivity contribution in [3.63, 3.8) is 0 Å². The Morgan fingerprint density at radius 2 is 2.07 bits per heavy atom. The molecular weight excluding hydrogens is 456 g/mol. The Morgan fingerprint density at radius 3 is 2.63 bits per heavy atom. The highest BCUT2D eigenvalue weighted by Crippen LogP contribution is 2.43. The molecule has 12 heteroatoms. The molecule has 0 radical (unpaired) electrons. The minimum absolute atomic E-state index is 0.00877. The second-order valence-corrected chi connectivity index (χ2v) is 11.2. The number of halogens is 3. The van der Waals surface area contributed by atoms with Gasteiger partial charge in [-0.25, -0.2) is 26.9 Å². The molecule has 0 amide bonds. The van der Waals surface area contributed by atoms with E-state index < -0.39 is 27.0 Å². The van der Waals surface area contributed by atoms with Crippen LogP contribution in [-0.2, 0) is 10.0 Å². The Balaban J connectivity index is 1.70. The van der Waals surface area contributed by atoms with Crippen LogP contribution in [0.4, 0.5) is 8.78 Å². The SMILES string of the molecule is CC1(NS(=O)(=O)c2cc(Cl)c3nc(C4CCC4)c(-c4nnc(C(F)F)s4)n3c2)CC1. The molecule has 0 saturated heterocycles. The number of aromatic nitrogens is 4. The van der Waals surface area contributed by atoms with Gasteiger partial charge in [0, 0.05) is 17.7 Å².